The van der Waals surface area contributed by atoms with Crippen LogP contribution < -0.4 is 15.8 Å². The van der Waals surface area contributed by atoms with Gasteiger partial charge >= 0.3 is 0 Å². The molecule has 1 aromatic carbocycles. The molecule has 0 aromatic heterocycles. The van der Waals surface area contributed by atoms with E-state index in [9.17, 15) is 4.79 Å². The van der Waals surface area contributed by atoms with E-state index < -0.39 is 0 Å². The average Bonchev–Trinajstić information content (AvgIpc) is 3.16. The van der Waals surface area contributed by atoms with Gasteiger partial charge in [0.05, 0.1) is 13.2 Å². The zero-order valence-electron chi connectivity index (χ0n) is 16.1. The number of methoxy groups -OCH3 is 1. The van der Waals surface area contributed by atoms with Gasteiger partial charge in [-0.2, -0.15) is 0 Å². The Morgan fingerprint density at radius 2 is 1.93 bits per heavy atom. The monoisotopic (exact) mass is 417 g/mol. The van der Waals surface area contributed by atoms with Gasteiger partial charge in [-0.25, -0.2) is 0 Å². The maximum atomic E-state index is 12.6. The Morgan fingerprint density at radius 1 is 1.22 bits per heavy atom. The average molecular weight is 418 g/mol. The fourth-order valence-electron chi connectivity index (χ4n) is 4.24. The second-order valence-electron chi connectivity index (χ2n) is 7.37. The molecule has 3 atom stereocenters. The highest BCUT2D eigenvalue weighted by Crippen LogP contribution is 2.31. The summed E-state index contributed by atoms with van der Waals surface area (Å²) >= 11 is 0. The van der Waals surface area contributed by atoms with E-state index in [1.807, 2.05) is 18.2 Å². The topological polar surface area (TPSA) is 67.6 Å². The van der Waals surface area contributed by atoms with Gasteiger partial charge in [-0.3, -0.25) is 9.69 Å². The molecule has 0 radical (unpaired) electrons. The number of hydrogen-bond donors (Lipinski definition) is 2. The van der Waals surface area contributed by atoms with Crippen molar-refractivity contribution in [3.63, 3.8) is 0 Å². The van der Waals surface area contributed by atoms with Crippen LogP contribution in [0, 0.1) is 5.92 Å². The predicted molar refractivity (Wildman–Crippen MR) is 114 cm³/mol. The van der Waals surface area contributed by atoms with Crippen LogP contribution in [0.4, 0.5) is 0 Å². The third kappa shape index (κ3) is 6.24. The number of rotatable bonds is 6. The highest BCUT2D eigenvalue weighted by Gasteiger charge is 2.29. The molecule has 5 nitrogen and oxygen atoms in total. The lowest BCUT2D eigenvalue weighted by Gasteiger charge is -2.31. The van der Waals surface area contributed by atoms with Crippen molar-refractivity contribution < 1.29 is 9.53 Å². The van der Waals surface area contributed by atoms with Crippen molar-refractivity contribution in [2.75, 3.05) is 26.7 Å². The summed E-state index contributed by atoms with van der Waals surface area (Å²) in [5.41, 5.74) is 7.20. The Hall–Kier alpha value is -1.01. The Bertz CT molecular complexity index is 582. The fraction of sp³-hybridized carbons (Fsp3) is 0.650. The number of ether oxygens (including phenoxy) is 1. The summed E-state index contributed by atoms with van der Waals surface area (Å²) in [5.74, 6) is 1.13. The minimum Gasteiger partial charge on any atom is -0.496 e. The highest BCUT2D eigenvalue weighted by atomic mass is 35.5. The lowest BCUT2D eigenvalue weighted by Crippen LogP contribution is -2.42. The summed E-state index contributed by atoms with van der Waals surface area (Å²) in [6.45, 7) is 2.78. The largest absolute Gasteiger partial charge is 0.496 e. The van der Waals surface area contributed by atoms with Gasteiger partial charge in [0.1, 0.15) is 5.75 Å². The van der Waals surface area contributed by atoms with Crippen LogP contribution in [0.25, 0.3) is 0 Å². The molecule has 3 N–H and O–H groups in total. The van der Waals surface area contributed by atoms with Crippen molar-refractivity contribution >= 4 is 30.7 Å². The number of carbonyl (C=O) groups is 1. The number of halogens is 2. The van der Waals surface area contributed by atoms with E-state index in [4.69, 9.17) is 10.5 Å². The molecule has 3 unspecified atom stereocenters. The molecule has 2 aliphatic rings. The van der Waals surface area contributed by atoms with E-state index >= 15 is 0 Å². The Balaban J connectivity index is 0.00000182. The lowest BCUT2D eigenvalue weighted by atomic mass is 9.85. The number of hydrogen-bond acceptors (Lipinski definition) is 4. The smallest absolute Gasteiger partial charge is 0.223 e. The molecule has 1 aromatic rings. The standard InChI is InChI=1S/C20H31N3O2.2ClH/c1-25-19-10-3-2-9-17(19)18(23-11-4-5-12-23)14-22-20(24)15-7-6-8-16(21)13-15;;/h2-3,9-10,15-16,18H,4-8,11-14,21H2,1H3,(H,22,24);2*1H. The highest BCUT2D eigenvalue weighted by molar-refractivity contribution is 5.85. The summed E-state index contributed by atoms with van der Waals surface area (Å²) in [5, 5.41) is 3.21. The van der Waals surface area contributed by atoms with Crippen molar-refractivity contribution in [1.29, 1.82) is 0 Å². The first-order valence-corrected chi connectivity index (χ1v) is 9.59. The van der Waals surface area contributed by atoms with Gasteiger partial charge in [-0.05, 0) is 51.3 Å². The second kappa shape index (κ2) is 11.7. The molecule has 3 rings (SSSR count). The second-order valence-corrected chi connectivity index (χ2v) is 7.37. The van der Waals surface area contributed by atoms with Crippen molar-refractivity contribution in [3.8, 4) is 5.75 Å². The number of carbonyl (C=O) groups excluding carboxylic acids is 1. The van der Waals surface area contributed by atoms with Gasteiger partial charge in [0.15, 0.2) is 0 Å². The first-order valence-electron chi connectivity index (χ1n) is 9.59. The van der Waals surface area contributed by atoms with Crippen molar-refractivity contribution in [2.24, 2.45) is 11.7 Å². The van der Waals surface area contributed by atoms with Crippen LogP contribution in [0.1, 0.15) is 50.1 Å². The van der Waals surface area contributed by atoms with Gasteiger partial charge in [0.2, 0.25) is 5.91 Å². The summed E-state index contributed by atoms with van der Waals surface area (Å²) in [4.78, 5) is 15.1. The number of benzene rings is 1. The maximum absolute atomic E-state index is 12.6. The van der Waals surface area contributed by atoms with Crippen LogP contribution in [0.15, 0.2) is 24.3 Å². The van der Waals surface area contributed by atoms with Gasteiger partial charge < -0.3 is 15.8 Å². The van der Waals surface area contributed by atoms with Crippen LogP contribution in [0.3, 0.4) is 0 Å². The van der Waals surface area contributed by atoms with Crippen LogP contribution in [-0.2, 0) is 4.79 Å². The molecule has 0 spiro atoms. The Kier molecular flexibility index (Phi) is 10.5. The normalized spacial score (nSPS) is 23.6. The minimum atomic E-state index is 0. The van der Waals surface area contributed by atoms with Crippen molar-refractivity contribution in [1.82, 2.24) is 10.2 Å². The van der Waals surface area contributed by atoms with Crippen LogP contribution >= 0.6 is 24.8 Å². The number of nitrogens with two attached hydrogens (primary N) is 1. The minimum absolute atomic E-state index is 0. The maximum Gasteiger partial charge on any atom is 0.223 e. The molecule has 27 heavy (non-hydrogen) atoms. The van der Waals surface area contributed by atoms with E-state index in [2.05, 4.69) is 16.3 Å². The number of para-hydroxylation sites is 1. The molecule has 0 bridgehead atoms. The molecule has 7 heteroatoms. The van der Waals surface area contributed by atoms with Crippen LogP contribution in [0.2, 0.25) is 0 Å². The van der Waals surface area contributed by atoms with Crippen LogP contribution in [-0.4, -0.2) is 43.6 Å². The Morgan fingerprint density at radius 3 is 2.59 bits per heavy atom. The molecule has 1 amide bonds. The number of likely N-dealkylation sites (tertiary alicyclic amines) is 1. The van der Waals surface area contributed by atoms with E-state index in [-0.39, 0.29) is 48.7 Å². The summed E-state index contributed by atoms with van der Waals surface area (Å²) in [6, 6.07) is 8.49. The van der Waals surface area contributed by atoms with Gasteiger partial charge in [0, 0.05) is 24.1 Å². The predicted octanol–water partition coefficient (Wildman–Crippen LogP) is 3.31. The van der Waals surface area contributed by atoms with Gasteiger partial charge in [0.25, 0.3) is 0 Å². The molecular weight excluding hydrogens is 385 g/mol. The Labute approximate surface area is 175 Å². The summed E-state index contributed by atoms with van der Waals surface area (Å²) in [6.07, 6.45) is 6.31. The summed E-state index contributed by atoms with van der Waals surface area (Å²) < 4.78 is 5.57. The first kappa shape index (κ1) is 24.0. The zero-order valence-corrected chi connectivity index (χ0v) is 17.7. The van der Waals surface area contributed by atoms with E-state index in [1.165, 1.54) is 12.8 Å². The third-order valence-corrected chi connectivity index (χ3v) is 5.63. The molecule has 1 aliphatic carbocycles. The van der Waals surface area contributed by atoms with E-state index in [0.29, 0.717) is 6.54 Å². The van der Waals surface area contributed by atoms with Crippen molar-refractivity contribution in [3.05, 3.63) is 29.8 Å². The quantitative estimate of drug-likeness (QED) is 0.744. The SMILES string of the molecule is COc1ccccc1C(CNC(=O)C1CCCC(N)C1)N1CCCC1.Cl.Cl. The lowest BCUT2D eigenvalue weighted by molar-refractivity contribution is -0.126. The molecule has 1 heterocycles. The molecule has 1 aliphatic heterocycles. The molecule has 154 valence electrons. The molecule has 2 fully saturated rings. The van der Waals surface area contributed by atoms with Crippen molar-refractivity contribution in [2.45, 2.75) is 50.6 Å². The summed E-state index contributed by atoms with van der Waals surface area (Å²) in [7, 11) is 1.71. The number of nitrogens with one attached hydrogen (secondary N) is 1. The third-order valence-electron chi connectivity index (χ3n) is 5.63. The number of nitrogens with zero attached hydrogens (tertiary/aromatic N) is 1. The fourth-order valence-corrected chi connectivity index (χ4v) is 4.24. The zero-order chi connectivity index (χ0) is 17.6. The van der Waals surface area contributed by atoms with Gasteiger partial charge in [-0.15, -0.1) is 24.8 Å². The van der Waals surface area contributed by atoms with E-state index in [0.717, 1.165) is 50.1 Å². The molecule has 1 saturated carbocycles. The van der Waals surface area contributed by atoms with Gasteiger partial charge in [-0.1, -0.05) is 24.6 Å². The number of amides is 1. The van der Waals surface area contributed by atoms with E-state index in [1.54, 1.807) is 7.11 Å². The first-order chi connectivity index (χ1) is 12.2. The molecule has 1 saturated heterocycles. The van der Waals surface area contributed by atoms with Crippen LogP contribution in [0.5, 0.6) is 5.75 Å². The molecular formula is C20H33Cl2N3O2.